The van der Waals surface area contributed by atoms with Crippen molar-refractivity contribution in [3.05, 3.63) is 37.6 Å². The van der Waals surface area contributed by atoms with Crippen LogP contribution in [0.15, 0.2) is 24.3 Å². The van der Waals surface area contributed by atoms with E-state index in [1.807, 2.05) is 0 Å². The Morgan fingerprint density at radius 1 is 0.618 bits per heavy atom. The molecule has 34 heavy (non-hydrogen) atoms. The quantitative estimate of drug-likeness (QED) is 0.155. The first-order valence-corrected chi connectivity index (χ1v) is 14.4. The molecule has 0 saturated heterocycles. The molecule has 0 saturated carbocycles. The third kappa shape index (κ3) is 10.1. The zero-order valence-corrected chi connectivity index (χ0v) is 26.8. The summed E-state index contributed by atoms with van der Waals surface area (Å²) in [5.74, 6) is 0. The van der Waals surface area contributed by atoms with Gasteiger partial charge in [-0.1, -0.05) is 111 Å². The smallest absolute Gasteiger partial charge is 0 e. The van der Waals surface area contributed by atoms with Gasteiger partial charge in [-0.25, -0.2) is 0 Å². The molecule has 1 radical (unpaired) electrons. The van der Waals surface area contributed by atoms with E-state index in [0.29, 0.717) is 20.6 Å². The topological polar surface area (TPSA) is 46.3 Å². The molecule has 1 heterocycles. The van der Waals surface area contributed by atoms with Gasteiger partial charge >= 0.3 is 30.2 Å². The Morgan fingerprint density at radius 3 is 1.06 bits per heavy atom. The van der Waals surface area contributed by atoms with Crippen LogP contribution in [-0.4, -0.2) is 40.7 Å². The average Bonchev–Trinajstić information content (AvgIpc) is 3.01. The molecular formula is C26H44BN2O2P2Ru. The Morgan fingerprint density at radius 2 is 0.853 bits per heavy atom. The minimum atomic E-state index is -0.189. The van der Waals surface area contributed by atoms with Crippen LogP contribution in [0.1, 0.15) is 83.1 Å². The van der Waals surface area contributed by atoms with Crippen molar-refractivity contribution in [3.63, 3.8) is 0 Å². The first-order valence-electron chi connectivity index (χ1n) is 11.4. The fourth-order valence-corrected chi connectivity index (χ4v) is 11.4. The maximum atomic E-state index is 7.50. The Bertz CT molecular complexity index is 697. The van der Waals surface area contributed by atoms with Crippen LogP contribution in [0.2, 0.25) is 0 Å². The van der Waals surface area contributed by atoms with E-state index in [2.05, 4.69) is 138 Å². The molecule has 0 aliphatic carbocycles. The second kappa shape index (κ2) is 14.0. The van der Waals surface area contributed by atoms with Crippen LogP contribution in [0.4, 0.5) is 11.4 Å². The van der Waals surface area contributed by atoms with Crippen molar-refractivity contribution < 1.29 is 28.8 Å². The van der Waals surface area contributed by atoms with Gasteiger partial charge < -0.3 is 9.62 Å². The van der Waals surface area contributed by atoms with Gasteiger partial charge in [0.2, 0.25) is 0 Å². The molecule has 191 valence electrons. The Hall–Kier alpha value is -0.152. The van der Waals surface area contributed by atoms with Gasteiger partial charge in [-0.3, -0.25) is 0 Å². The van der Waals surface area contributed by atoms with E-state index in [0.717, 1.165) is 12.6 Å². The van der Waals surface area contributed by atoms with Crippen LogP contribution >= 0.6 is 15.8 Å². The largest absolute Gasteiger partial charge is 0 e. The fraction of sp³-hybridized carbons (Fsp3) is 0.692. The van der Waals surface area contributed by atoms with E-state index >= 15 is 0 Å². The number of para-hydroxylation sites is 2. The van der Waals surface area contributed by atoms with Gasteiger partial charge in [-0.05, 0) is 32.8 Å². The standard InChI is InChI=1S/C24H44BN2P2.2CO.Ru/c1-21(2,3)28(22(4,5)6)17-26-19-15-13-14-16-20(19)27(25-26)18-29(23(7,8)9)24(10,11)12;2*1-2;/h13-16H,17-18H2,1-12H3;;;. The predicted octanol–water partition coefficient (Wildman–Crippen LogP) is 7.84. The summed E-state index contributed by atoms with van der Waals surface area (Å²) in [5.41, 5.74) is 2.76. The summed E-state index contributed by atoms with van der Waals surface area (Å²) < 4.78 is 15.0. The Labute approximate surface area is 226 Å². The van der Waals surface area contributed by atoms with Crippen LogP contribution < -0.4 is 9.62 Å². The summed E-state index contributed by atoms with van der Waals surface area (Å²) in [4.78, 5) is 5.10. The summed E-state index contributed by atoms with van der Waals surface area (Å²) in [6, 6.07) is 8.99. The van der Waals surface area contributed by atoms with E-state index in [4.69, 9.17) is 9.30 Å². The second-order valence-electron chi connectivity index (χ2n) is 12.4. The Balaban J connectivity index is 0. The van der Waals surface area contributed by atoms with Crippen molar-refractivity contribution >= 4 is 34.8 Å². The summed E-state index contributed by atoms with van der Waals surface area (Å²) in [5, 5.41) is 1.31. The summed E-state index contributed by atoms with van der Waals surface area (Å²) >= 11 is 0. The molecule has 4 nitrogen and oxygen atoms in total. The molecule has 0 fully saturated rings. The molecule has 0 unspecified atom stereocenters. The van der Waals surface area contributed by atoms with Gasteiger partial charge in [0.1, 0.15) is 0 Å². The van der Waals surface area contributed by atoms with Crippen LogP contribution in [-0.2, 0) is 28.8 Å². The van der Waals surface area contributed by atoms with Gasteiger partial charge in [0, 0.05) is 43.4 Å². The Kier molecular flexibility index (Phi) is 14.8. The molecule has 1 aromatic rings. The van der Waals surface area contributed by atoms with E-state index in [-0.39, 0.29) is 35.3 Å². The van der Waals surface area contributed by atoms with Crippen LogP contribution in [0.25, 0.3) is 0 Å². The molecule has 1 aliphatic heterocycles. The number of fused-ring (bicyclic) bond motifs is 1. The number of rotatable bonds is 4. The number of nitrogens with zero attached hydrogens (tertiary/aromatic N) is 2. The zero-order valence-electron chi connectivity index (χ0n) is 23.3. The van der Waals surface area contributed by atoms with Crippen LogP contribution in [0, 0.1) is 13.3 Å². The fourth-order valence-electron chi connectivity index (χ4n) is 4.63. The average molecular weight is 590 g/mol. The minimum absolute atomic E-state index is 0. The van der Waals surface area contributed by atoms with Gasteiger partial charge in [0.25, 0.3) is 0 Å². The second-order valence-corrected chi connectivity index (χ2v) is 20.0. The monoisotopic (exact) mass is 591 g/mol. The van der Waals surface area contributed by atoms with Crippen LogP contribution in [0.3, 0.4) is 0 Å². The zero-order chi connectivity index (χ0) is 26.4. The number of anilines is 2. The van der Waals surface area contributed by atoms with E-state index in [1.165, 1.54) is 11.4 Å². The van der Waals surface area contributed by atoms with Crippen molar-refractivity contribution in [2.24, 2.45) is 0 Å². The maximum Gasteiger partial charge on any atom is 0 e. The first kappa shape index (κ1) is 36.0. The minimum Gasteiger partial charge on any atom is 0 e. The van der Waals surface area contributed by atoms with E-state index < -0.39 is 0 Å². The van der Waals surface area contributed by atoms with Crippen LogP contribution in [0.5, 0.6) is 0 Å². The summed E-state index contributed by atoms with van der Waals surface area (Å²) in [6.45, 7) is 38.0. The third-order valence-corrected chi connectivity index (χ3v) is 13.3. The van der Waals surface area contributed by atoms with Crippen molar-refractivity contribution in [3.8, 4) is 0 Å². The van der Waals surface area contributed by atoms with Gasteiger partial charge in [-0.15, -0.1) is 0 Å². The van der Waals surface area contributed by atoms with E-state index in [9.17, 15) is 0 Å². The normalized spacial score (nSPS) is 13.7. The number of hydrogen-bond donors (Lipinski definition) is 0. The molecule has 0 N–H and O–H groups in total. The SMILES string of the molecule is CC(C)(C)P(CN1[B]N(CP(C(C)(C)C)C(C)(C)C)c2ccccc21)C(C)(C)C.[C-]#[O+].[C-]#[O+].[Ru]. The molecule has 0 atom stereocenters. The van der Waals surface area contributed by atoms with Gasteiger partial charge in [-0.2, -0.15) is 0 Å². The van der Waals surface area contributed by atoms with Crippen molar-refractivity contribution in [1.29, 1.82) is 0 Å². The van der Waals surface area contributed by atoms with Gasteiger partial charge in [0.05, 0.1) is 0 Å². The van der Waals surface area contributed by atoms with E-state index in [1.54, 1.807) is 0 Å². The molecule has 1 aromatic carbocycles. The molecule has 1 aliphatic rings. The molecule has 0 bridgehead atoms. The maximum absolute atomic E-state index is 7.50. The molecule has 0 aromatic heterocycles. The predicted molar refractivity (Wildman–Crippen MR) is 148 cm³/mol. The number of hydrogen-bond acceptors (Lipinski definition) is 2. The molecule has 8 heteroatoms. The van der Waals surface area contributed by atoms with Crippen molar-refractivity contribution in [1.82, 2.24) is 0 Å². The number of benzene rings is 1. The summed E-state index contributed by atoms with van der Waals surface area (Å²) in [7, 11) is 2.04. The summed E-state index contributed by atoms with van der Waals surface area (Å²) in [6.07, 6.45) is 2.25. The van der Waals surface area contributed by atoms with Crippen molar-refractivity contribution in [2.75, 3.05) is 22.2 Å². The van der Waals surface area contributed by atoms with Crippen molar-refractivity contribution in [2.45, 2.75) is 104 Å². The molecule has 2 rings (SSSR count). The molecule has 0 spiro atoms. The third-order valence-electron chi connectivity index (χ3n) is 5.61. The molecular weight excluding hydrogens is 546 g/mol. The molecule has 0 amide bonds. The van der Waals surface area contributed by atoms with Gasteiger partial charge in [0.15, 0.2) is 0 Å². The first-order chi connectivity index (χ1) is 14.9.